The number of aliphatic hydroxyl groups excluding tert-OH is 1. The third-order valence-electron chi connectivity index (χ3n) is 2.72. The Balaban J connectivity index is 2.66. The summed E-state index contributed by atoms with van der Waals surface area (Å²) < 4.78 is 0. The molecule has 1 amide bonds. The van der Waals surface area contributed by atoms with Crippen molar-refractivity contribution >= 4 is 46.4 Å². The molecule has 0 aromatic heterocycles. The zero-order chi connectivity index (χ0) is 15.1. The largest absolute Gasteiger partial charge is 0.396 e. The average Bonchev–Trinajstić information content (AvgIpc) is 2.38. The molecule has 0 saturated carbocycles. The first-order valence-electron chi connectivity index (χ1n) is 6.25. The lowest BCUT2D eigenvalue weighted by atomic mass is 10.3. The van der Waals surface area contributed by atoms with Crippen LogP contribution < -0.4 is 5.32 Å². The fourth-order valence-corrected chi connectivity index (χ4v) is 2.60. The Morgan fingerprint density at radius 1 is 1.30 bits per heavy atom. The average molecular weight is 340 g/mol. The summed E-state index contributed by atoms with van der Waals surface area (Å²) in [5.41, 5.74) is 0.362. The maximum atomic E-state index is 12.0. The van der Waals surface area contributed by atoms with Crippen molar-refractivity contribution in [1.82, 2.24) is 4.90 Å². The molecular weight excluding hydrogens is 323 g/mol. The van der Waals surface area contributed by atoms with E-state index in [-0.39, 0.29) is 19.1 Å². The SMILES string of the molecule is CCN(CCCO)CC(=O)Nc1c(Cl)cc(Cl)cc1Cl. The molecule has 0 aliphatic carbocycles. The number of amides is 1. The van der Waals surface area contributed by atoms with Gasteiger partial charge >= 0.3 is 0 Å². The second-order valence-electron chi connectivity index (χ2n) is 4.24. The summed E-state index contributed by atoms with van der Waals surface area (Å²) in [5, 5.41) is 12.5. The van der Waals surface area contributed by atoms with Crippen LogP contribution in [0.3, 0.4) is 0 Å². The number of nitrogens with one attached hydrogen (secondary N) is 1. The normalized spacial score (nSPS) is 10.9. The maximum Gasteiger partial charge on any atom is 0.238 e. The first kappa shape index (κ1) is 17.5. The molecule has 0 radical (unpaired) electrons. The zero-order valence-electron chi connectivity index (χ0n) is 11.1. The Bertz CT molecular complexity index is 446. The summed E-state index contributed by atoms with van der Waals surface area (Å²) >= 11 is 17.8. The van der Waals surface area contributed by atoms with Crippen LogP contribution in [0.5, 0.6) is 0 Å². The predicted molar refractivity (Wildman–Crippen MR) is 83.9 cm³/mol. The standard InChI is InChI=1S/C13H17Cl3N2O2/c1-2-18(4-3-5-19)8-12(20)17-13-10(15)6-9(14)7-11(13)16/h6-7,19H,2-5,8H2,1H3,(H,17,20). The van der Waals surface area contributed by atoms with Gasteiger partial charge in [0.1, 0.15) is 0 Å². The van der Waals surface area contributed by atoms with E-state index in [1.54, 1.807) is 0 Å². The third kappa shape index (κ3) is 5.46. The molecule has 0 heterocycles. The van der Waals surface area contributed by atoms with Crippen molar-refractivity contribution in [2.24, 2.45) is 0 Å². The molecule has 0 unspecified atom stereocenters. The molecule has 112 valence electrons. The number of rotatable bonds is 7. The number of nitrogens with zero attached hydrogens (tertiary/aromatic N) is 1. The quantitative estimate of drug-likeness (QED) is 0.801. The second-order valence-corrected chi connectivity index (χ2v) is 5.49. The molecule has 0 saturated heterocycles. The number of hydrogen-bond donors (Lipinski definition) is 2. The number of hydrogen-bond acceptors (Lipinski definition) is 3. The molecule has 0 aliphatic rings. The summed E-state index contributed by atoms with van der Waals surface area (Å²) in [4.78, 5) is 13.9. The van der Waals surface area contributed by atoms with Crippen molar-refractivity contribution < 1.29 is 9.90 Å². The van der Waals surface area contributed by atoms with Gasteiger partial charge in [-0.05, 0) is 25.1 Å². The van der Waals surface area contributed by atoms with Crippen molar-refractivity contribution in [3.8, 4) is 0 Å². The fourth-order valence-electron chi connectivity index (χ4n) is 1.69. The lowest BCUT2D eigenvalue weighted by Crippen LogP contribution is -2.34. The molecular formula is C13H17Cl3N2O2. The molecule has 2 N–H and O–H groups in total. The van der Waals surface area contributed by atoms with Crippen molar-refractivity contribution in [3.63, 3.8) is 0 Å². The number of benzene rings is 1. The van der Waals surface area contributed by atoms with Crippen LogP contribution in [-0.2, 0) is 4.79 Å². The van der Waals surface area contributed by atoms with E-state index in [9.17, 15) is 4.79 Å². The van der Waals surface area contributed by atoms with E-state index in [0.717, 1.165) is 6.54 Å². The van der Waals surface area contributed by atoms with Crippen molar-refractivity contribution in [2.75, 3.05) is 31.6 Å². The van der Waals surface area contributed by atoms with E-state index in [0.29, 0.717) is 33.7 Å². The molecule has 1 aromatic carbocycles. The van der Waals surface area contributed by atoms with Crippen molar-refractivity contribution in [3.05, 3.63) is 27.2 Å². The van der Waals surface area contributed by atoms with Crippen LogP contribution in [0.1, 0.15) is 13.3 Å². The number of carbonyl (C=O) groups is 1. The van der Waals surface area contributed by atoms with Gasteiger partial charge in [0, 0.05) is 18.2 Å². The van der Waals surface area contributed by atoms with E-state index in [1.165, 1.54) is 12.1 Å². The number of aliphatic hydroxyl groups is 1. The Labute approximate surface area is 133 Å². The van der Waals surface area contributed by atoms with Gasteiger partial charge in [-0.1, -0.05) is 41.7 Å². The highest BCUT2D eigenvalue weighted by molar-refractivity contribution is 6.42. The highest BCUT2D eigenvalue weighted by Crippen LogP contribution is 2.33. The van der Waals surface area contributed by atoms with E-state index in [4.69, 9.17) is 39.9 Å². The van der Waals surface area contributed by atoms with Crippen LogP contribution in [0.2, 0.25) is 15.1 Å². The van der Waals surface area contributed by atoms with Crippen LogP contribution in [0, 0.1) is 0 Å². The Hall–Kier alpha value is -0.520. The topological polar surface area (TPSA) is 52.6 Å². The van der Waals surface area contributed by atoms with Gasteiger partial charge in [0.15, 0.2) is 0 Å². The molecule has 7 heteroatoms. The van der Waals surface area contributed by atoms with Gasteiger partial charge in [0.2, 0.25) is 5.91 Å². The number of halogens is 3. The molecule has 0 bridgehead atoms. The van der Waals surface area contributed by atoms with Gasteiger partial charge in [0.05, 0.1) is 22.3 Å². The summed E-state index contributed by atoms with van der Waals surface area (Å²) in [6, 6.07) is 3.04. The number of anilines is 1. The van der Waals surface area contributed by atoms with Gasteiger partial charge in [-0.25, -0.2) is 0 Å². The van der Waals surface area contributed by atoms with Gasteiger partial charge in [-0.2, -0.15) is 0 Å². The van der Waals surface area contributed by atoms with E-state index in [2.05, 4.69) is 5.32 Å². The van der Waals surface area contributed by atoms with Gasteiger partial charge in [0.25, 0.3) is 0 Å². The zero-order valence-corrected chi connectivity index (χ0v) is 13.4. The van der Waals surface area contributed by atoms with Crippen LogP contribution in [0.15, 0.2) is 12.1 Å². The minimum absolute atomic E-state index is 0.104. The smallest absolute Gasteiger partial charge is 0.238 e. The molecule has 0 fully saturated rings. The minimum Gasteiger partial charge on any atom is -0.396 e. The van der Waals surface area contributed by atoms with E-state index in [1.807, 2.05) is 11.8 Å². The molecule has 0 aliphatic heterocycles. The summed E-state index contributed by atoms with van der Waals surface area (Å²) in [7, 11) is 0. The molecule has 20 heavy (non-hydrogen) atoms. The second kappa shape index (κ2) is 8.70. The molecule has 0 spiro atoms. The first-order valence-corrected chi connectivity index (χ1v) is 7.39. The lowest BCUT2D eigenvalue weighted by molar-refractivity contribution is -0.117. The van der Waals surface area contributed by atoms with E-state index >= 15 is 0 Å². The monoisotopic (exact) mass is 338 g/mol. The van der Waals surface area contributed by atoms with Gasteiger partial charge < -0.3 is 10.4 Å². The first-order chi connectivity index (χ1) is 9.47. The molecule has 1 aromatic rings. The minimum atomic E-state index is -0.212. The van der Waals surface area contributed by atoms with Crippen LogP contribution >= 0.6 is 34.8 Å². The highest BCUT2D eigenvalue weighted by Gasteiger charge is 2.13. The van der Waals surface area contributed by atoms with Crippen molar-refractivity contribution in [2.45, 2.75) is 13.3 Å². The summed E-state index contributed by atoms with van der Waals surface area (Å²) in [5.74, 6) is -0.212. The molecule has 1 rings (SSSR count). The van der Waals surface area contributed by atoms with E-state index < -0.39 is 0 Å². The third-order valence-corrected chi connectivity index (χ3v) is 3.53. The maximum absolute atomic E-state index is 12.0. The lowest BCUT2D eigenvalue weighted by Gasteiger charge is -2.19. The van der Waals surface area contributed by atoms with Crippen LogP contribution in [0.4, 0.5) is 5.69 Å². The Kier molecular flexibility index (Phi) is 7.62. The van der Waals surface area contributed by atoms with Gasteiger partial charge in [-0.3, -0.25) is 9.69 Å². The van der Waals surface area contributed by atoms with Gasteiger partial charge in [-0.15, -0.1) is 0 Å². The number of likely N-dealkylation sites (N-methyl/N-ethyl adjacent to an activating group) is 1. The Morgan fingerprint density at radius 3 is 2.40 bits per heavy atom. The predicted octanol–water partition coefficient (Wildman–Crippen LogP) is 3.29. The summed E-state index contributed by atoms with van der Waals surface area (Å²) in [6.45, 7) is 3.64. The van der Waals surface area contributed by atoms with Crippen LogP contribution in [-0.4, -0.2) is 42.2 Å². The Morgan fingerprint density at radius 2 is 1.90 bits per heavy atom. The number of carbonyl (C=O) groups excluding carboxylic acids is 1. The van der Waals surface area contributed by atoms with Crippen molar-refractivity contribution in [1.29, 1.82) is 0 Å². The van der Waals surface area contributed by atoms with Crippen LogP contribution in [0.25, 0.3) is 0 Å². The fraction of sp³-hybridized carbons (Fsp3) is 0.462. The molecule has 4 nitrogen and oxygen atoms in total. The molecule has 0 atom stereocenters. The summed E-state index contributed by atoms with van der Waals surface area (Å²) in [6.07, 6.45) is 0.629. The highest BCUT2D eigenvalue weighted by atomic mass is 35.5.